The SMILES string of the molecule is CC1CNC(C(C)C)C(c2ccccc2)O1. The first-order valence-electron chi connectivity index (χ1n) is 6.12. The largest absolute Gasteiger partial charge is 0.368 e. The maximum atomic E-state index is 6.08. The molecule has 1 aromatic rings. The van der Waals surface area contributed by atoms with E-state index in [9.17, 15) is 0 Å². The summed E-state index contributed by atoms with van der Waals surface area (Å²) in [6, 6.07) is 10.9. The van der Waals surface area contributed by atoms with Crippen molar-refractivity contribution >= 4 is 0 Å². The Hall–Kier alpha value is -0.860. The van der Waals surface area contributed by atoms with E-state index in [-0.39, 0.29) is 6.10 Å². The van der Waals surface area contributed by atoms with Crippen LogP contribution in [0.25, 0.3) is 0 Å². The Morgan fingerprint density at radius 2 is 1.94 bits per heavy atom. The summed E-state index contributed by atoms with van der Waals surface area (Å²) in [5.74, 6) is 0.581. The lowest BCUT2D eigenvalue weighted by atomic mass is 9.91. The number of ether oxygens (including phenoxy) is 1. The van der Waals surface area contributed by atoms with E-state index in [1.165, 1.54) is 5.56 Å². The molecule has 16 heavy (non-hydrogen) atoms. The van der Waals surface area contributed by atoms with Gasteiger partial charge in [-0.25, -0.2) is 0 Å². The Balaban J connectivity index is 2.21. The lowest BCUT2D eigenvalue weighted by Gasteiger charge is -2.38. The van der Waals surface area contributed by atoms with Crippen LogP contribution >= 0.6 is 0 Å². The van der Waals surface area contributed by atoms with Crippen molar-refractivity contribution in [2.45, 2.75) is 39.0 Å². The Kier molecular flexibility index (Phi) is 3.62. The van der Waals surface area contributed by atoms with Crippen molar-refractivity contribution in [3.8, 4) is 0 Å². The van der Waals surface area contributed by atoms with Crippen molar-refractivity contribution in [3.63, 3.8) is 0 Å². The van der Waals surface area contributed by atoms with E-state index < -0.39 is 0 Å². The van der Waals surface area contributed by atoms with Crippen LogP contribution in [0.15, 0.2) is 30.3 Å². The van der Waals surface area contributed by atoms with E-state index >= 15 is 0 Å². The number of rotatable bonds is 2. The van der Waals surface area contributed by atoms with Crippen LogP contribution in [0, 0.1) is 5.92 Å². The zero-order valence-electron chi connectivity index (χ0n) is 10.3. The maximum Gasteiger partial charge on any atom is 0.0984 e. The highest BCUT2D eigenvalue weighted by molar-refractivity contribution is 5.20. The molecule has 1 N–H and O–H groups in total. The van der Waals surface area contributed by atoms with Crippen molar-refractivity contribution in [2.24, 2.45) is 5.92 Å². The number of hydrogen-bond donors (Lipinski definition) is 1. The molecule has 0 bridgehead atoms. The van der Waals surface area contributed by atoms with Gasteiger partial charge >= 0.3 is 0 Å². The molecule has 1 aliphatic rings. The van der Waals surface area contributed by atoms with E-state index in [0.717, 1.165) is 6.54 Å². The molecular weight excluding hydrogens is 198 g/mol. The normalized spacial score (nSPS) is 30.6. The molecule has 0 saturated carbocycles. The second-order valence-corrected chi connectivity index (χ2v) is 4.96. The van der Waals surface area contributed by atoms with Gasteiger partial charge in [0.05, 0.1) is 12.2 Å². The van der Waals surface area contributed by atoms with Gasteiger partial charge in [0, 0.05) is 12.6 Å². The molecule has 0 aliphatic carbocycles. The predicted octanol–water partition coefficient (Wildman–Crippen LogP) is 2.76. The average molecular weight is 219 g/mol. The molecule has 2 rings (SSSR count). The minimum absolute atomic E-state index is 0.185. The molecule has 2 nitrogen and oxygen atoms in total. The van der Waals surface area contributed by atoms with Crippen LogP contribution in [0.5, 0.6) is 0 Å². The van der Waals surface area contributed by atoms with Crippen LogP contribution in [-0.4, -0.2) is 18.7 Å². The number of benzene rings is 1. The summed E-state index contributed by atoms with van der Waals surface area (Å²) in [7, 11) is 0. The lowest BCUT2D eigenvalue weighted by Crippen LogP contribution is -2.49. The molecule has 3 atom stereocenters. The topological polar surface area (TPSA) is 21.3 Å². The van der Waals surface area contributed by atoms with Crippen LogP contribution in [0.3, 0.4) is 0 Å². The highest BCUT2D eigenvalue weighted by atomic mass is 16.5. The Morgan fingerprint density at radius 3 is 2.56 bits per heavy atom. The Bertz CT molecular complexity index is 323. The molecule has 0 spiro atoms. The molecule has 0 amide bonds. The molecule has 0 aromatic heterocycles. The summed E-state index contributed by atoms with van der Waals surface area (Å²) in [6.45, 7) is 7.56. The summed E-state index contributed by atoms with van der Waals surface area (Å²) >= 11 is 0. The van der Waals surface area contributed by atoms with E-state index in [0.29, 0.717) is 18.1 Å². The Morgan fingerprint density at radius 1 is 1.25 bits per heavy atom. The highest BCUT2D eigenvalue weighted by Crippen LogP contribution is 2.29. The summed E-state index contributed by atoms with van der Waals surface area (Å²) < 4.78 is 6.08. The molecular formula is C14H21NO. The summed E-state index contributed by atoms with van der Waals surface area (Å²) in [5, 5.41) is 3.59. The number of nitrogens with one attached hydrogen (secondary N) is 1. The van der Waals surface area contributed by atoms with Crippen LogP contribution in [-0.2, 0) is 4.74 Å². The zero-order valence-corrected chi connectivity index (χ0v) is 10.3. The molecule has 2 heteroatoms. The van der Waals surface area contributed by atoms with E-state index in [2.05, 4.69) is 50.4 Å². The first kappa shape index (κ1) is 11.6. The van der Waals surface area contributed by atoms with E-state index in [4.69, 9.17) is 4.74 Å². The smallest absolute Gasteiger partial charge is 0.0984 e. The second-order valence-electron chi connectivity index (χ2n) is 4.96. The van der Waals surface area contributed by atoms with Crippen LogP contribution in [0.2, 0.25) is 0 Å². The molecule has 1 heterocycles. The Labute approximate surface area is 98.0 Å². The van der Waals surface area contributed by atoms with Gasteiger partial charge < -0.3 is 10.1 Å². The van der Waals surface area contributed by atoms with Gasteiger partial charge in [-0.15, -0.1) is 0 Å². The van der Waals surface area contributed by atoms with Crippen molar-refractivity contribution in [1.29, 1.82) is 0 Å². The molecule has 1 aromatic carbocycles. The van der Waals surface area contributed by atoms with Gasteiger partial charge in [-0.1, -0.05) is 44.2 Å². The fraction of sp³-hybridized carbons (Fsp3) is 0.571. The fourth-order valence-corrected chi connectivity index (χ4v) is 2.31. The first-order chi connectivity index (χ1) is 7.68. The monoisotopic (exact) mass is 219 g/mol. The predicted molar refractivity (Wildman–Crippen MR) is 66.4 cm³/mol. The third-order valence-electron chi connectivity index (χ3n) is 3.19. The minimum atomic E-state index is 0.185. The van der Waals surface area contributed by atoms with Gasteiger partial charge in [-0.2, -0.15) is 0 Å². The standard InChI is InChI=1S/C14H21NO/c1-10(2)13-14(16-11(3)9-15-13)12-7-5-4-6-8-12/h4-8,10-11,13-15H,9H2,1-3H3. The quantitative estimate of drug-likeness (QED) is 0.826. The lowest BCUT2D eigenvalue weighted by molar-refractivity contribution is -0.0662. The van der Waals surface area contributed by atoms with Gasteiger partial charge in [0.25, 0.3) is 0 Å². The van der Waals surface area contributed by atoms with Crippen LogP contribution in [0.1, 0.15) is 32.4 Å². The van der Waals surface area contributed by atoms with E-state index in [1.807, 2.05) is 6.07 Å². The van der Waals surface area contributed by atoms with E-state index in [1.54, 1.807) is 0 Å². The number of hydrogen-bond acceptors (Lipinski definition) is 2. The van der Waals surface area contributed by atoms with Gasteiger partial charge in [-0.3, -0.25) is 0 Å². The molecule has 0 radical (unpaired) electrons. The third-order valence-corrected chi connectivity index (χ3v) is 3.19. The second kappa shape index (κ2) is 4.98. The van der Waals surface area contributed by atoms with Crippen molar-refractivity contribution in [1.82, 2.24) is 5.32 Å². The van der Waals surface area contributed by atoms with Gasteiger partial charge in [0.1, 0.15) is 0 Å². The van der Waals surface area contributed by atoms with Gasteiger partial charge in [0.15, 0.2) is 0 Å². The van der Waals surface area contributed by atoms with Crippen molar-refractivity contribution in [3.05, 3.63) is 35.9 Å². The number of morpholine rings is 1. The maximum absolute atomic E-state index is 6.08. The fourth-order valence-electron chi connectivity index (χ4n) is 2.31. The van der Waals surface area contributed by atoms with Crippen molar-refractivity contribution < 1.29 is 4.74 Å². The first-order valence-corrected chi connectivity index (χ1v) is 6.12. The molecule has 1 saturated heterocycles. The van der Waals surface area contributed by atoms with Crippen molar-refractivity contribution in [2.75, 3.05) is 6.54 Å². The summed E-state index contributed by atoms with van der Waals surface area (Å²) in [5.41, 5.74) is 1.28. The van der Waals surface area contributed by atoms with Gasteiger partial charge in [0.2, 0.25) is 0 Å². The molecule has 88 valence electrons. The zero-order chi connectivity index (χ0) is 11.5. The molecule has 1 fully saturated rings. The summed E-state index contributed by atoms with van der Waals surface area (Å²) in [4.78, 5) is 0. The molecule has 3 unspecified atom stereocenters. The van der Waals surface area contributed by atoms with Crippen LogP contribution < -0.4 is 5.32 Å². The third kappa shape index (κ3) is 2.45. The average Bonchev–Trinajstić information content (AvgIpc) is 2.29. The minimum Gasteiger partial charge on any atom is -0.368 e. The molecule has 1 aliphatic heterocycles. The highest BCUT2D eigenvalue weighted by Gasteiger charge is 2.31. The van der Waals surface area contributed by atoms with Gasteiger partial charge in [-0.05, 0) is 18.4 Å². The van der Waals surface area contributed by atoms with Crippen LogP contribution in [0.4, 0.5) is 0 Å². The summed E-state index contributed by atoms with van der Waals surface area (Å²) in [6.07, 6.45) is 0.477.